The Morgan fingerprint density at radius 3 is 3.00 bits per heavy atom. The number of aromatic nitrogens is 2. The highest BCUT2D eigenvalue weighted by molar-refractivity contribution is 7.03. The molecule has 0 atom stereocenters. The number of benzene rings is 1. The molecule has 3 rings (SSSR count). The van der Waals surface area contributed by atoms with Crippen molar-refractivity contribution < 1.29 is 4.79 Å². The molecule has 1 aliphatic rings. The molecule has 1 amide bonds. The van der Waals surface area contributed by atoms with Gasteiger partial charge in [0.05, 0.1) is 0 Å². The highest BCUT2D eigenvalue weighted by atomic mass is 32.1. The maximum Gasteiger partial charge on any atom is 0.277 e. The van der Waals surface area contributed by atoms with Crippen molar-refractivity contribution in [2.75, 3.05) is 11.9 Å². The molecule has 2 aromatic rings. The summed E-state index contributed by atoms with van der Waals surface area (Å²) < 4.78 is 3.72. The molecule has 6 heteroatoms. The predicted molar refractivity (Wildman–Crippen MR) is 83.3 cm³/mol. The molecule has 1 aromatic heterocycles. The first-order chi connectivity index (χ1) is 10.1. The van der Waals surface area contributed by atoms with E-state index in [0.29, 0.717) is 11.6 Å². The van der Waals surface area contributed by atoms with Gasteiger partial charge in [0.25, 0.3) is 5.91 Å². The van der Waals surface area contributed by atoms with Gasteiger partial charge in [0.1, 0.15) is 0 Å². The largest absolute Gasteiger partial charge is 0.320 e. The van der Waals surface area contributed by atoms with Crippen LogP contribution in [0.3, 0.4) is 0 Å². The van der Waals surface area contributed by atoms with Crippen LogP contribution in [0.2, 0.25) is 0 Å². The quantitative estimate of drug-likeness (QED) is 0.943. The van der Waals surface area contributed by atoms with Gasteiger partial charge in [-0.3, -0.25) is 9.69 Å². The summed E-state index contributed by atoms with van der Waals surface area (Å²) in [4.78, 5) is 14.5. The summed E-state index contributed by atoms with van der Waals surface area (Å²) in [6.45, 7) is 7.36. The number of carbonyl (C=O) groups is 1. The number of nitrogens with one attached hydrogen (secondary N) is 1. The van der Waals surface area contributed by atoms with Gasteiger partial charge >= 0.3 is 0 Å². The van der Waals surface area contributed by atoms with E-state index in [1.54, 1.807) is 5.38 Å². The number of nitrogens with zero attached hydrogens (tertiary/aromatic N) is 3. The molecule has 0 fully saturated rings. The molecule has 21 heavy (non-hydrogen) atoms. The van der Waals surface area contributed by atoms with Gasteiger partial charge in [-0.2, -0.15) is 0 Å². The monoisotopic (exact) mass is 302 g/mol. The van der Waals surface area contributed by atoms with Crippen LogP contribution in [0, 0.1) is 5.92 Å². The summed E-state index contributed by atoms with van der Waals surface area (Å²) in [6.07, 6.45) is 0. The fourth-order valence-corrected chi connectivity index (χ4v) is 3.14. The van der Waals surface area contributed by atoms with Crippen LogP contribution in [0.5, 0.6) is 0 Å². The fourth-order valence-electron chi connectivity index (χ4n) is 2.70. The minimum Gasteiger partial charge on any atom is -0.320 e. The van der Waals surface area contributed by atoms with Crippen molar-refractivity contribution in [3.8, 4) is 0 Å². The Bertz CT molecular complexity index is 639. The first kappa shape index (κ1) is 14.2. The van der Waals surface area contributed by atoms with E-state index in [2.05, 4.69) is 39.7 Å². The van der Waals surface area contributed by atoms with Crippen LogP contribution in [0.15, 0.2) is 23.6 Å². The number of amides is 1. The van der Waals surface area contributed by atoms with E-state index >= 15 is 0 Å². The van der Waals surface area contributed by atoms with E-state index in [1.807, 2.05) is 12.1 Å². The van der Waals surface area contributed by atoms with E-state index in [0.717, 1.165) is 25.3 Å². The van der Waals surface area contributed by atoms with Crippen LogP contribution in [0.25, 0.3) is 0 Å². The number of hydrogen-bond acceptors (Lipinski definition) is 5. The molecule has 1 aromatic carbocycles. The molecule has 0 saturated carbocycles. The Kier molecular flexibility index (Phi) is 3.98. The Morgan fingerprint density at radius 1 is 1.43 bits per heavy atom. The van der Waals surface area contributed by atoms with E-state index in [1.165, 1.54) is 22.7 Å². The summed E-state index contributed by atoms with van der Waals surface area (Å²) in [5.74, 6) is 0.442. The maximum absolute atomic E-state index is 12.1. The molecule has 0 aliphatic carbocycles. The topological polar surface area (TPSA) is 58.1 Å². The molecule has 5 nitrogen and oxygen atoms in total. The van der Waals surface area contributed by atoms with Gasteiger partial charge in [-0.25, -0.2) is 0 Å². The summed E-state index contributed by atoms with van der Waals surface area (Å²) in [7, 11) is 0. The number of anilines is 1. The van der Waals surface area contributed by atoms with Gasteiger partial charge in [-0.05, 0) is 34.6 Å². The minimum absolute atomic E-state index is 0.195. The zero-order chi connectivity index (χ0) is 14.8. The van der Waals surface area contributed by atoms with Crippen molar-refractivity contribution >= 4 is 23.1 Å². The smallest absolute Gasteiger partial charge is 0.277 e. The van der Waals surface area contributed by atoms with Crippen LogP contribution in [0.4, 0.5) is 5.69 Å². The standard InChI is InChI=1S/C15H18N4OS/c1-10(2)6-19-7-11-4-3-5-13(12(11)8-19)16-15(20)14-9-21-18-17-14/h3-5,9-10H,6-8H2,1-2H3,(H,16,20). The lowest BCUT2D eigenvalue weighted by Gasteiger charge is -2.17. The van der Waals surface area contributed by atoms with Crippen molar-refractivity contribution in [3.63, 3.8) is 0 Å². The lowest BCUT2D eigenvalue weighted by atomic mass is 10.1. The van der Waals surface area contributed by atoms with Crippen molar-refractivity contribution in [1.29, 1.82) is 0 Å². The first-order valence-electron chi connectivity index (χ1n) is 7.05. The Balaban J connectivity index is 1.77. The van der Waals surface area contributed by atoms with Crippen molar-refractivity contribution in [2.45, 2.75) is 26.9 Å². The maximum atomic E-state index is 12.1. The van der Waals surface area contributed by atoms with E-state index < -0.39 is 0 Å². The van der Waals surface area contributed by atoms with E-state index in [4.69, 9.17) is 0 Å². The van der Waals surface area contributed by atoms with Crippen LogP contribution in [0.1, 0.15) is 35.5 Å². The SMILES string of the molecule is CC(C)CN1Cc2cccc(NC(=O)c3csnn3)c2C1. The molecule has 0 bridgehead atoms. The summed E-state index contributed by atoms with van der Waals surface area (Å²) in [5, 5.41) is 8.42. The zero-order valence-electron chi connectivity index (χ0n) is 12.2. The minimum atomic E-state index is -0.195. The fraction of sp³-hybridized carbons (Fsp3) is 0.400. The number of hydrogen-bond donors (Lipinski definition) is 1. The third-order valence-electron chi connectivity index (χ3n) is 3.51. The normalized spacial score (nSPS) is 14.4. The molecule has 0 saturated heterocycles. The van der Waals surface area contributed by atoms with Crippen LogP contribution >= 0.6 is 11.5 Å². The van der Waals surface area contributed by atoms with Crippen LogP contribution in [-0.4, -0.2) is 26.9 Å². The zero-order valence-corrected chi connectivity index (χ0v) is 13.0. The van der Waals surface area contributed by atoms with Crippen LogP contribution < -0.4 is 5.32 Å². The average Bonchev–Trinajstić information content (AvgIpc) is 3.06. The van der Waals surface area contributed by atoms with Crippen molar-refractivity contribution in [1.82, 2.24) is 14.5 Å². The summed E-state index contributed by atoms with van der Waals surface area (Å²) >= 11 is 1.18. The predicted octanol–water partition coefficient (Wildman–Crippen LogP) is 2.76. The number of fused-ring (bicyclic) bond motifs is 1. The average molecular weight is 302 g/mol. The van der Waals surface area contributed by atoms with E-state index in [-0.39, 0.29) is 5.91 Å². The second kappa shape index (κ2) is 5.91. The lowest BCUT2D eigenvalue weighted by Crippen LogP contribution is -2.21. The molecular weight excluding hydrogens is 284 g/mol. The Hall–Kier alpha value is -1.79. The van der Waals surface area contributed by atoms with Gasteiger partial charge in [-0.1, -0.05) is 30.5 Å². The summed E-state index contributed by atoms with van der Waals surface area (Å²) in [6, 6.07) is 6.08. The number of rotatable bonds is 4. The van der Waals surface area contributed by atoms with Gasteiger partial charge in [0.15, 0.2) is 5.69 Å². The van der Waals surface area contributed by atoms with Gasteiger partial charge in [0, 0.05) is 30.7 Å². The molecule has 2 heterocycles. The highest BCUT2D eigenvalue weighted by Gasteiger charge is 2.23. The van der Waals surface area contributed by atoms with Crippen molar-refractivity contribution in [2.24, 2.45) is 5.92 Å². The first-order valence-corrected chi connectivity index (χ1v) is 7.88. The van der Waals surface area contributed by atoms with E-state index in [9.17, 15) is 4.79 Å². The molecule has 0 spiro atoms. The molecule has 1 N–H and O–H groups in total. The third-order valence-corrected chi connectivity index (χ3v) is 4.02. The molecule has 0 unspecified atom stereocenters. The third kappa shape index (κ3) is 3.11. The summed E-state index contributed by atoms with van der Waals surface area (Å²) in [5.41, 5.74) is 3.77. The van der Waals surface area contributed by atoms with Crippen molar-refractivity contribution in [3.05, 3.63) is 40.4 Å². The second-order valence-corrected chi connectivity index (χ2v) is 6.36. The molecular formula is C15H18N4OS. The second-order valence-electron chi connectivity index (χ2n) is 5.75. The Morgan fingerprint density at radius 2 is 2.29 bits per heavy atom. The van der Waals surface area contributed by atoms with Gasteiger partial charge < -0.3 is 5.32 Å². The lowest BCUT2D eigenvalue weighted by molar-refractivity contribution is 0.102. The van der Waals surface area contributed by atoms with Gasteiger partial charge in [-0.15, -0.1) is 5.10 Å². The molecule has 110 valence electrons. The molecule has 0 radical (unpaired) electrons. The Labute approximate surface area is 128 Å². The molecule has 1 aliphatic heterocycles. The van der Waals surface area contributed by atoms with Gasteiger partial charge in [0.2, 0.25) is 0 Å². The van der Waals surface area contributed by atoms with Crippen LogP contribution in [-0.2, 0) is 13.1 Å². The highest BCUT2D eigenvalue weighted by Crippen LogP contribution is 2.30. The number of carbonyl (C=O) groups excluding carboxylic acids is 1.